The number of imidazole rings is 1. The molecule has 116 valence electrons. The van der Waals surface area contributed by atoms with Crippen LogP contribution >= 0.6 is 0 Å². The van der Waals surface area contributed by atoms with E-state index in [9.17, 15) is 13.2 Å². The van der Waals surface area contributed by atoms with Crippen LogP contribution in [0.1, 0.15) is 25.3 Å². The molecule has 1 aromatic carbocycles. The Kier molecular flexibility index (Phi) is 4.72. The lowest BCUT2D eigenvalue weighted by atomic mass is 10.2. The van der Waals surface area contributed by atoms with Gasteiger partial charge in [-0.3, -0.25) is 0 Å². The summed E-state index contributed by atoms with van der Waals surface area (Å²) in [5.74, 6) is 0.222. The van der Waals surface area contributed by atoms with E-state index >= 15 is 0 Å². The Labute approximate surface area is 120 Å². The predicted molar refractivity (Wildman–Crippen MR) is 74.9 cm³/mol. The zero-order valence-corrected chi connectivity index (χ0v) is 11.8. The van der Waals surface area contributed by atoms with Crippen molar-refractivity contribution in [1.29, 1.82) is 0 Å². The number of fused-ring (bicyclic) bond motifs is 1. The second-order valence-corrected chi connectivity index (χ2v) is 4.79. The molecule has 0 fully saturated rings. The van der Waals surface area contributed by atoms with E-state index in [-0.39, 0.29) is 11.5 Å². The smallest absolute Gasteiger partial charge is 0.381 e. The molecule has 2 aromatic rings. The highest BCUT2D eigenvalue weighted by atomic mass is 19.4. The summed E-state index contributed by atoms with van der Waals surface area (Å²) in [4.78, 5) is 4.00. The number of aryl methyl sites for hydroxylation is 1. The van der Waals surface area contributed by atoms with Gasteiger partial charge in [-0.05, 0) is 31.0 Å². The number of benzene rings is 1. The van der Waals surface area contributed by atoms with E-state index in [0.29, 0.717) is 25.3 Å². The minimum atomic E-state index is -4.37. The number of hydrogen-bond donors (Lipinski definition) is 1. The molecule has 21 heavy (non-hydrogen) atoms. The molecular formula is C14H18F3N3O. The largest absolute Gasteiger partial charge is 0.416 e. The minimum absolute atomic E-state index is 0.222. The molecule has 1 heterocycles. The van der Waals surface area contributed by atoms with Gasteiger partial charge in [0, 0.05) is 19.8 Å². The van der Waals surface area contributed by atoms with Gasteiger partial charge >= 0.3 is 6.18 Å². The van der Waals surface area contributed by atoms with Crippen LogP contribution in [-0.4, -0.2) is 22.8 Å². The molecule has 0 aliphatic heterocycles. The average molecular weight is 301 g/mol. The van der Waals surface area contributed by atoms with Gasteiger partial charge in [0.05, 0.1) is 16.6 Å². The number of alkyl halides is 3. The van der Waals surface area contributed by atoms with Gasteiger partial charge < -0.3 is 15.0 Å². The van der Waals surface area contributed by atoms with Crippen LogP contribution < -0.4 is 5.73 Å². The summed E-state index contributed by atoms with van der Waals surface area (Å²) in [5, 5.41) is 0. The van der Waals surface area contributed by atoms with Crippen LogP contribution in [0.2, 0.25) is 0 Å². The summed E-state index contributed by atoms with van der Waals surface area (Å²) in [6.45, 7) is 3.89. The van der Waals surface area contributed by atoms with Gasteiger partial charge in [0.25, 0.3) is 0 Å². The SMILES string of the molecule is CCCOCCCn1c(N)nc2cc(C(F)(F)F)ccc21. The van der Waals surface area contributed by atoms with E-state index in [1.54, 1.807) is 4.57 Å². The number of rotatable bonds is 6. The first kappa shape index (κ1) is 15.6. The third kappa shape index (κ3) is 3.66. The Hall–Kier alpha value is -1.76. The summed E-state index contributed by atoms with van der Waals surface area (Å²) in [7, 11) is 0. The Balaban J connectivity index is 2.15. The quantitative estimate of drug-likeness (QED) is 0.831. The molecule has 0 unspecified atom stereocenters. The van der Waals surface area contributed by atoms with Crippen LogP contribution in [-0.2, 0) is 17.5 Å². The van der Waals surface area contributed by atoms with Crippen LogP contribution in [0.5, 0.6) is 0 Å². The lowest BCUT2D eigenvalue weighted by Crippen LogP contribution is -2.07. The van der Waals surface area contributed by atoms with E-state index in [2.05, 4.69) is 4.98 Å². The number of nitrogens with zero attached hydrogens (tertiary/aromatic N) is 2. The summed E-state index contributed by atoms with van der Waals surface area (Å²) in [6, 6.07) is 3.48. The van der Waals surface area contributed by atoms with Gasteiger partial charge in [0.1, 0.15) is 0 Å². The second kappa shape index (κ2) is 6.34. The molecule has 0 amide bonds. The van der Waals surface area contributed by atoms with Crippen molar-refractivity contribution in [3.05, 3.63) is 23.8 Å². The van der Waals surface area contributed by atoms with E-state index in [1.165, 1.54) is 6.07 Å². The Morgan fingerprint density at radius 3 is 2.71 bits per heavy atom. The lowest BCUT2D eigenvalue weighted by molar-refractivity contribution is -0.137. The van der Waals surface area contributed by atoms with Crippen molar-refractivity contribution in [1.82, 2.24) is 9.55 Å². The maximum absolute atomic E-state index is 12.7. The van der Waals surface area contributed by atoms with Gasteiger partial charge in [-0.15, -0.1) is 0 Å². The number of nitrogen functional groups attached to an aromatic ring is 1. The van der Waals surface area contributed by atoms with Crippen molar-refractivity contribution in [3.8, 4) is 0 Å². The van der Waals surface area contributed by atoms with E-state index in [1.807, 2.05) is 6.92 Å². The van der Waals surface area contributed by atoms with Crippen molar-refractivity contribution in [2.45, 2.75) is 32.5 Å². The third-order valence-electron chi connectivity index (χ3n) is 3.12. The molecule has 4 nitrogen and oxygen atoms in total. The van der Waals surface area contributed by atoms with Crippen molar-refractivity contribution < 1.29 is 17.9 Å². The van der Waals surface area contributed by atoms with Gasteiger partial charge in [-0.1, -0.05) is 6.92 Å². The molecule has 2 N–H and O–H groups in total. The first-order valence-electron chi connectivity index (χ1n) is 6.84. The van der Waals surface area contributed by atoms with Crippen molar-refractivity contribution in [2.75, 3.05) is 18.9 Å². The first-order chi connectivity index (χ1) is 9.93. The maximum atomic E-state index is 12.7. The normalized spacial score (nSPS) is 12.2. The van der Waals surface area contributed by atoms with Gasteiger partial charge in [0.2, 0.25) is 5.95 Å². The van der Waals surface area contributed by atoms with E-state index in [4.69, 9.17) is 10.5 Å². The second-order valence-electron chi connectivity index (χ2n) is 4.79. The summed E-state index contributed by atoms with van der Waals surface area (Å²) < 4.78 is 45.1. The molecule has 0 saturated heterocycles. The van der Waals surface area contributed by atoms with Gasteiger partial charge in [-0.25, -0.2) is 4.98 Å². The molecule has 0 aliphatic rings. The molecule has 0 radical (unpaired) electrons. The van der Waals surface area contributed by atoms with Crippen molar-refractivity contribution in [2.24, 2.45) is 0 Å². The molecule has 0 saturated carbocycles. The lowest BCUT2D eigenvalue weighted by Gasteiger charge is -2.08. The number of hydrogen-bond acceptors (Lipinski definition) is 3. The van der Waals surface area contributed by atoms with Crippen molar-refractivity contribution >= 4 is 17.0 Å². The van der Waals surface area contributed by atoms with Gasteiger partial charge in [-0.2, -0.15) is 13.2 Å². The molecule has 7 heteroatoms. The maximum Gasteiger partial charge on any atom is 0.416 e. The monoisotopic (exact) mass is 301 g/mol. The number of halogens is 3. The van der Waals surface area contributed by atoms with E-state index < -0.39 is 11.7 Å². The highest BCUT2D eigenvalue weighted by molar-refractivity contribution is 5.79. The zero-order chi connectivity index (χ0) is 15.5. The van der Waals surface area contributed by atoms with Crippen LogP contribution in [0.15, 0.2) is 18.2 Å². The van der Waals surface area contributed by atoms with Gasteiger partial charge in [0.15, 0.2) is 0 Å². The Bertz CT molecular complexity index is 607. The fourth-order valence-corrected chi connectivity index (χ4v) is 2.13. The number of anilines is 1. The molecule has 1 aromatic heterocycles. The van der Waals surface area contributed by atoms with E-state index in [0.717, 1.165) is 25.0 Å². The fourth-order valence-electron chi connectivity index (χ4n) is 2.13. The number of ether oxygens (including phenoxy) is 1. The Morgan fingerprint density at radius 2 is 2.05 bits per heavy atom. The topological polar surface area (TPSA) is 53.1 Å². The molecular weight excluding hydrogens is 283 g/mol. The number of aromatic nitrogens is 2. The highest BCUT2D eigenvalue weighted by Crippen LogP contribution is 2.31. The van der Waals surface area contributed by atoms with Crippen LogP contribution in [0.3, 0.4) is 0 Å². The van der Waals surface area contributed by atoms with Crippen molar-refractivity contribution in [3.63, 3.8) is 0 Å². The molecule has 2 rings (SSSR count). The third-order valence-corrected chi connectivity index (χ3v) is 3.12. The summed E-state index contributed by atoms with van der Waals surface area (Å²) in [5.41, 5.74) is 5.93. The minimum Gasteiger partial charge on any atom is -0.381 e. The van der Waals surface area contributed by atoms with Crippen LogP contribution in [0.4, 0.5) is 19.1 Å². The summed E-state index contributed by atoms with van der Waals surface area (Å²) in [6.07, 6.45) is -2.69. The molecule has 0 aliphatic carbocycles. The highest BCUT2D eigenvalue weighted by Gasteiger charge is 2.31. The summed E-state index contributed by atoms with van der Waals surface area (Å²) >= 11 is 0. The molecule has 0 atom stereocenters. The Morgan fingerprint density at radius 1 is 1.29 bits per heavy atom. The van der Waals surface area contributed by atoms with Crippen LogP contribution in [0.25, 0.3) is 11.0 Å². The zero-order valence-electron chi connectivity index (χ0n) is 11.8. The number of nitrogens with two attached hydrogens (primary N) is 1. The fraction of sp³-hybridized carbons (Fsp3) is 0.500. The predicted octanol–water partition coefficient (Wildman–Crippen LogP) is 3.45. The van der Waals surface area contributed by atoms with Crippen LogP contribution in [0, 0.1) is 0 Å². The molecule has 0 spiro atoms. The standard InChI is InChI=1S/C14H18F3N3O/c1-2-7-21-8-3-6-20-12-5-4-10(14(15,16)17)9-11(12)19-13(20)18/h4-5,9H,2-3,6-8H2,1H3,(H2,18,19). The molecule has 0 bridgehead atoms. The average Bonchev–Trinajstić information content (AvgIpc) is 2.73. The first-order valence-corrected chi connectivity index (χ1v) is 6.84.